The van der Waals surface area contributed by atoms with Gasteiger partial charge in [0, 0.05) is 30.4 Å². The molecule has 1 aromatic rings. The molecule has 2 fully saturated rings. The van der Waals surface area contributed by atoms with Crippen LogP contribution in [0.25, 0.3) is 0 Å². The van der Waals surface area contributed by atoms with Gasteiger partial charge in [-0.25, -0.2) is 0 Å². The van der Waals surface area contributed by atoms with Gasteiger partial charge in [-0.1, -0.05) is 12.1 Å². The van der Waals surface area contributed by atoms with Crippen molar-refractivity contribution in [1.29, 1.82) is 0 Å². The molecular weight excluding hydrogens is 265 g/mol. The van der Waals surface area contributed by atoms with E-state index in [2.05, 4.69) is 17.1 Å². The third-order valence-corrected chi connectivity index (χ3v) is 4.23. The zero-order valence-electron chi connectivity index (χ0n) is 11.5. The van der Waals surface area contributed by atoms with Gasteiger partial charge in [0.1, 0.15) is 0 Å². The Balaban J connectivity index is 1.72. The van der Waals surface area contributed by atoms with E-state index in [4.69, 9.17) is 0 Å². The predicted octanol–water partition coefficient (Wildman–Crippen LogP) is 3.74. The first-order chi connectivity index (χ1) is 9.45. The van der Waals surface area contributed by atoms with Crippen molar-refractivity contribution in [2.75, 3.05) is 11.9 Å². The second-order valence-electron chi connectivity index (χ2n) is 5.90. The van der Waals surface area contributed by atoms with Gasteiger partial charge in [-0.05, 0) is 38.3 Å². The zero-order valence-corrected chi connectivity index (χ0v) is 11.5. The van der Waals surface area contributed by atoms with Crippen molar-refractivity contribution in [3.05, 3.63) is 29.8 Å². The van der Waals surface area contributed by atoms with Gasteiger partial charge in [0.15, 0.2) is 0 Å². The third kappa shape index (κ3) is 2.77. The molecule has 1 saturated carbocycles. The molecule has 0 aromatic heterocycles. The van der Waals surface area contributed by atoms with E-state index >= 15 is 0 Å². The van der Waals surface area contributed by atoms with Crippen molar-refractivity contribution in [3.63, 3.8) is 0 Å². The van der Waals surface area contributed by atoms with Crippen LogP contribution in [0.4, 0.5) is 18.9 Å². The van der Waals surface area contributed by atoms with E-state index in [1.165, 1.54) is 25.0 Å². The SMILES string of the molecule is CC1CC(Nc2ccccc2C(F)(F)F)CN1C1CC1. The summed E-state index contributed by atoms with van der Waals surface area (Å²) in [7, 11) is 0. The van der Waals surface area contributed by atoms with Crippen molar-refractivity contribution in [2.45, 2.75) is 50.5 Å². The van der Waals surface area contributed by atoms with Gasteiger partial charge >= 0.3 is 6.18 Å². The molecule has 3 rings (SSSR count). The van der Waals surface area contributed by atoms with Crippen LogP contribution in [0.3, 0.4) is 0 Å². The van der Waals surface area contributed by atoms with Crippen LogP contribution >= 0.6 is 0 Å². The molecule has 2 atom stereocenters. The maximum absolute atomic E-state index is 13.0. The van der Waals surface area contributed by atoms with E-state index in [-0.39, 0.29) is 11.7 Å². The zero-order chi connectivity index (χ0) is 14.3. The third-order valence-electron chi connectivity index (χ3n) is 4.23. The summed E-state index contributed by atoms with van der Waals surface area (Å²) in [4.78, 5) is 2.42. The molecule has 1 aromatic carbocycles. The summed E-state index contributed by atoms with van der Waals surface area (Å²) in [6.45, 7) is 3.01. The summed E-state index contributed by atoms with van der Waals surface area (Å²) in [5.74, 6) is 0. The molecule has 1 aliphatic carbocycles. The highest BCUT2D eigenvalue weighted by molar-refractivity contribution is 5.53. The van der Waals surface area contributed by atoms with Gasteiger partial charge in [0.05, 0.1) is 5.56 Å². The molecule has 2 unspecified atom stereocenters. The average Bonchev–Trinajstić information content (AvgIpc) is 3.14. The Morgan fingerprint density at radius 2 is 1.90 bits per heavy atom. The van der Waals surface area contributed by atoms with Gasteiger partial charge in [-0.15, -0.1) is 0 Å². The minimum atomic E-state index is -4.30. The number of benzene rings is 1. The summed E-state index contributed by atoms with van der Waals surface area (Å²) >= 11 is 0. The molecule has 20 heavy (non-hydrogen) atoms. The number of nitrogens with zero attached hydrogens (tertiary/aromatic N) is 1. The summed E-state index contributed by atoms with van der Waals surface area (Å²) < 4.78 is 38.9. The van der Waals surface area contributed by atoms with Crippen LogP contribution in [0, 0.1) is 0 Å². The van der Waals surface area contributed by atoms with Crippen LogP contribution in [0.15, 0.2) is 24.3 Å². The van der Waals surface area contributed by atoms with Gasteiger partial charge in [-0.2, -0.15) is 13.2 Å². The molecule has 1 N–H and O–H groups in total. The molecule has 2 aliphatic rings. The first kappa shape index (κ1) is 13.7. The largest absolute Gasteiger partial charge is 0.418 e. The van der Waals surface area contributed by atoms with Gasteiger partial charge < -0.3 is 5.32 Å². The summed E-state index contributed by atoms with van der Waals surface area (Å²) in [6.07, 6.45) is -0.931. The minimum absolute atomic E-state index is 0.106. The number of halogens is 3. The van der Waals surface area contributed by atoms with Crippen molar-refractivity contribution < 1.29 is 13.2 Å². The smallest absolute Gasteiger partial charge is 0.380 e. The van der Waals surface area contributed by atoms with E-state index in [1.807, 2.05) is 0 Å². The van der Waals surface area contributed by atoms with Gasteiger partial charge in [-0.3, -0.25) is 4.90 Å². The molecule has 0 amide bonds. The number of nitrogens with one attached hydrogen (secondary N) is 1. The number of anilines is 1. The lowest BCUT2D eigenvalue weighted by molar-refractivity contribution is -0.137. The Labute approximate surface area is 117 Å². The van der Waals surface area contributed by atoms with Crippen LogP contribution in [0.1, 0.15) is 31.7 Å². The maximum atomic E-state index is 13.0. The number of likely N-dealkylation sites (tertiary alicyclic amines) is 1. The molecule has 2 nitrogen and oxygen atoms in total. The fourth-order valence-corrected chi connectivity index (χ4v) is 3.15. The summed E-state index contributed by atoms with van der Waals surface area (Å²) in [6, 6.07) is 6.96. The van der Waals surface area contributed by atoms with Crippen molar-refractivity contribution in [1.82, 2.24) is 4.90 Å². The van der Waals surface area contributed by atoms with Crippen LogP contribution in [-0.4, -0.2) is 29.6 Å². The Bertz CT molecular complexity index is 482. The number of alkyl halides is 3. The molecule has 1 saturated heterocycles. The topological polar surface area (TPSA) is 15.3 Å². The number of hydrogen-bond acceptors (Lipinski definition) is 2. The molecule has 0 radical (unpaired) electrons. The predicted molar refractivity (Wildman–Crippen MR) is 72.7 cm³/mol. The van der Waals surface area contributed by atoms with Crippen LogP contribution in [0.2, 0.25) is 0 Å². The first-order valence-corrected chi connectivity index (χ1v) is 7.13. The first-order valence-electron chi connectivity index (χ1n) is 7.13. The molecular formula is C15H19F3N2. The molecule has 0 bridgehead atoms. The monoisotopic (exact) mass is 284 g/mol. The standard InChI is InChI=1S/C15H19F3N2/c1-10-8-11(9-20(10)12-6-7-12)19-14-5-3-2-4-13(14)15(16,17)18/h2-5,10-12,19H,6-9H2,1H3. The highest BCUT2D eigenvalue weighted by atomic mass is 19.4. The highest BCUT2D eigenvalue weighted by Crippen LogP contribution is 2.37. The van der Waals surface area contributed by atoms with Crippen LogP contribution in [-0.2, 0) is 6.18 Å². The van der Waals surface area contributed by atoms with Gasteiger partial charge in [0.2, 0.25) is 0 Å². The Hall–Kier alpha value is -1.23. The average molecular weight is 284 g/mol. The minimum Gasteiger partial charge on any atom is -0.380 e. The van der Waals surface area contributed by atoms with E-state index in [9.17, 15) is 13.2 Å². The van der Waals surface area contributed by atoms with E-state index in [0.717, 1.165) is 19.0 Å². The molecule has 1 aliphatic heterocycles. The van der Waals surface area contributed by atoms with Crippen molar-refractivity contribution in [2.24, 2.45) is 0 Å². The summed E-state index contributed by atoms with van der Waals surface area (Å²) in [5, 5.41) is 3.10. The highest BCUT2D eigenvalue weighted by Gasteiger charge is 2.39. The Morgan fingerprint density at radius 3 is 2.55 bits per heavy atom. The fourth-order valence-electron chi connectivity index (χ4n) is 3.15. The maximum Gasteiger partial charge on any atom is 0.418 e. The lowest BCUT2D eigenvalue weighted by atomic mass is 10.1. The van der Waals surface area contributed by atoms with Crippen LogP contribution in [0.5, 0.6) is 0 Å². The van der Waals surface area contributed by atoms with Crippen LogP contribution < -0.4 is 5.32 Å². The second kappa shape index (κ2) is 4.95. The second-order valence-corrected chi connectivity index (χ2v) is 5.90. The summed E-state index contributed by atoms with van der Waals surface area (Å²) in [5.41, 5.74) is -0.368. The molecule has 1 heterocycles. The molecule has 5 heteroatoms. The quantitative estimate of drug-likeness (QED) is 0.909. The molecule has 110 valence electrons. The normalized spacial score (nSPS) is 27.8. The van der Waals surface area contributed by atoms with E-state index in [0.29, 0.717) is 12.1 Å². The number of rotatable bonds is 3. The van der Waals surface area contributed by atoms with E-state index in [1.54, 1.807) is 6.07 Å². The lowest BCUT2D eigenvalue weighted by Crippen LogP contribution is -2.31. The van der Waals surface area contributed by atoms with E-state index < -0.39 is 11.7 Å². The number of para-hydroxylation sites is 1. The van der Waals surface area contributed by atoms with Gasteiger partial charge in [0.25, 0.3) is 0 Å². The van der Waals surface area contributed by atoms with Crippen molar-refractivity contribution >= 4 is 5.69 Å². The lowest BCUT2D eigenvalue weighted by Gasteiger charge is -2.20. The molecule has 0 spiro atoms. The van der Waals surface area contributed by atoms with Crippen molar-refractivity contribution in [3.8, 4) is 0 Å². The fraction of sp³-hybridized carbons (Fsp3) is 0.600. The Kier molecular flexibility index (Phi) is 3.40. The Morgan fingerprint density at radius 1 is 1.20 bits per heavy atom. The number of hydrogen-bond donors (Lipinski definition) is 1.